The predicted molar refractivity (Wildman–Crippen MR) is 414 cm³/mol. The van der Waals surface area contributed by atoms with Crippen molar-refractivity contribution in [3.05, 3.63) is 224 Å². The van der Waals surface area contributed by atoms with Gasteiger partial charge in [0.1, 0.15) is 28.3 Å². The number of aliphatic imine (C=N–C) groups is 1. The van der Waals surface area contributed by atoms with Crippen LogP contribution in [0, 0.1) is 40.9 Å². The van der Waals surface area contributed by atoms with Gasteiger partial charge in [-0.05, 0) is 178 Å². The van der Waals surface area contributed by atoms with Gasteiger partial charge in [-0.25, -0.2) is 4.99 Å². The van der Waals surface area contributed by atoms with Gasteiger partial charge in [-0.3, -0.25) is 4.79 Å². The molecule has 104 heavy (non-hydrogen) atoms. The Morgan fingerprint density at radius 3 is 2.55 bits per heavy atom. The van der Waals surface area contributed by atoms with Crippen molar-refractivity contribution in [2.75, 3.05) is 51.5 Å². The maximum Gasteiger partial charge on any atom is 0.204 e. The van der Waals surface area contributed by atoms with Crippen LogP contribution >= 0.6 is 0 Å². The van der Waals surface area contributed by atoms with E-state index in [9.17, 15) is 15.3 Å². The number of H-pyrrole nitrogens is 1. The Labute approximate surface area is 606 Å². The summed E-state index contributed by atoms with van der Waals surface area (Å²) in [7, 11) is 1.54. The number of nitrogens with two attached hydrogens (primary N) is 2. The number of rotatable bonds is 10. The van der Waals surface area contributed by atoms with Crippen LogP contribution in [0.25, 0.3) is 67.1 Å². The SMILES string of the molecule is COc1c2c(c3oc(-c4ccc(O)cc4)cc(=O)c3c1OCC[C@@H](O)/C=C/c1ccccc1)CCc1cccc(c1)-c1cc3[nH]c1N1CCNC[C@@H]1[C@@]1(C[C@]45c6c(ccc7cc8ccccc8c(c67)CC46CCCC6)C=C[C@@H]5[C@H]1C#CC[C@H]1CCC[C@]31C)c1ccc(c(N=C(N)N)c1)C[C@@H](CO)CO2. The van der Waals surface area contributed by atoms with E-state index in [1.165, 1.54) is 69.9 Å². The molecule has 0 amide bonds. The summed E-state index contributed by atoms with van der Waals surface area (Å²) < 4.78 is 27.4. The molecule has 0 unspecified atom stereocenters. The maximum absolute atomic E-state index is 15.2. The molecule has 9 atom stereocenters. The van der Waals surface area contributed by atoms with Crippen LogP contribution in [-0.2, 0) is 41.9 Å². The minimum atomic E-state index is -0.886. The number of phenolic OH excluding ortho intramolecular Hbond substituents is 1. The first-order valence-electron chi connectivity index (χ1n) is 37.7. The number of nitrogens with one attached hydrogen (secondary N) is 2. The molecule has 1 saturated heterocycles. The quantitative estimate of drug-likeness (QED) is 0.0295. The van der Waals surface area contributed by atoms with Gasteiger partial charge in [0.05, 0.1) is 38.2 Å². The molecule has 3 saturated carbocycles. The van der Waals surface area contributed by atoms with Crippen molar-refractivity contribution in [3.8, 4) is 57.3 Å². The number of piperazine rings is 1. The zero-order chi connectivity index (χ0) is 70.6. The van der Waals surface area contributed by atoms with Crippen LogP contribution in [-0.4, -0.2) is 85.0 Å². The average molecular weight is 1380 g/mol. The number of aliphatic hydroxyl groups excluding tert-OH is 2. The molecule has 7 bridgehead atoms. The largest absolute Gasteiger partial charge is 0.508 e. The summed E-state index contributed by atoms with van der Waals surface area (Å²) in [6.07, 6.45) is 19.7. The van der Waals surface area contributed by atoms with Crippen molar-refractivity contribution < 1.29 is 33.9 Å². The summed E-state index contributed by atoms with van der Waals surface area (Å²) in [5.74, 6) is 10.2. The molecule has 8 aromatic carbocycles. The number of aromatic hydroxyl groups is 1. The number of anilines is 1. The van der Waals surface area contributed by atoms with Crippen LogP contribution in [0.1, 0.15) is 121 Å². The Morgan fingerprint density at radius 1 is 0.865 bits per heavy atom. The Bertz CT molecular complexity index is 5280. The van der Waals surface area contributed by atoms with Gasteiger partial charge in [-0.2, -0.15) is 0 Å². The highest BCUT2D eigenvalue weighted by Crippen LogP contribution is 2.75. The minimum Gasteiger partial charge on any atom is -0.508 e. The van der Waals surface area contributed by atoms with E-state index in [1.807, 2.05) is 36.4 Å². The number of methoxy groups -OCH3 is 1. The van der Waals surface area contributed by atoms with Gasteiger partial charge in [0.25, 0.3) is 0 Å². The number of hydrogen-bond donors (Lipinski definition) is 7. The number of ether oxygens (including phenoxy) is 3. The summed E-state index contributed by atoms with van der Waals surface area (Å²) in [5.41, 5.74) is 25.6. The average Bonchev–Trinajstić information content (AvgIpc) is 1.45. The van der Waals surface area contributed by atoms with Crippen molar-refractivity contribution in [1.82, 2.24) is 10.3 Å². The van der Waals surface area contributed by atoms with Crippen molar-refractivity contribution in [2.45, 2.75) is 125 Å². The van der Waals surface area contributed by atoms with Gasteiger partial charge >= 0.3 is 0 Å². The number of nitrogens with zero attached hydrogens (tertiary/aromatic N) is 2. The van der Waals surface area contributed by atoms with E-state index >= 15 is 4.79 Å². The van der Waals surface area contributed by atoms with Crippen LogP contribution in [0.3, 0.4) is 0 Å². The number of allylic oxidation sites excluding steroid dienone is 1. The molecular formula is C90H90N6O8. The molecule has 4 aliphatic heterocycles. The van der Waals surface area contributed by atoms with Crippen LogP contribution < -0.4 is 41.3 Å². The number of aryl methyl sites for hydroxylation is 2. The molecule has 2 aromatic heterocycles. The van der Waals surface area contributed by atoms with E-state index in [2.05, 4.69) is 137 Å². The monoisotopic (exact) mass is 1380 g/mol. The zero-order valence-electron chi connectivity index (χ0n) is 59.3. The number of fused-ring (bicyclic) bond motifs is 13. The van der Waals surface area contributed by atoms with E-state index in [0.29, 0.717) is 54.3 Å². The lowest BCUT2D eigenvalue weighted by Gasteiger charge is -2.57. The summed E-state index contributed by atoms with van der Waals surface area (Å²) in [6.45, 7) is 4.43. The first-order chi connectivity index (χ1) is 50.8. The molecule has 4 fully saturated rings. The van der Waals surface area contributed by atoms with Gasteiger partial charge in [-0.15, -0.1) is 5.92 Å². The van der Waals surface area contributed by atoms with E-state index in [1.54, 1.807) is 30.3 Å². The summed E-state index contributed by atoms with van der Waals surface area (Å²) in [4.78, 5) is 27.4. The highest BCUT2D eigenvalue weighted by Gasteiger charge is 2.73. The number of benzene rings is 8. The molecule has 6 heterocycles. The lowest BCUT2D eigenvalue weighted by Crippen LogP contribution is -2.63. The van der Waals surface area contributed by atoms with E-state index < -0.39 is 17.4 Å². The van der Waals surface area contributed by atoms with Crippen LogP contribution in [0.15, 0.2) is 178 Å². The second-order valence-corrected chi connectivity index (χ2v) is 31.3. The second kappa shape index (κ2) is 26.0. The number of hydrogen-bond acceptors (Lipinski definition) is 11. The molecule has 9 N–H and O–H groups in total. The highest BCUT2D eigenvalue weighted by molar-refractivity contribution is 6.06. The van der Waals surface area contributed by atoms with E-state index in [0.717, 1.165) is 104 Å². The third kappa shape index (κ3) is 10.6. The predicted octanol–water partition coefficient (Wildman–Crippen LogP) is 15.5. The fourth-order valence-electron chi connectivity index (χ4n) is 21.1. The maximum atomic E-state index is 15.2. The van der Waals surface area contributed by atoms with Crippen LogP contribution in [0.5, 0.6) is 23.0 Å². The van der Waals surface area contributed by atoms with Crippen molar-refractivity contribution in [3.63, 3.8) is 0 Å². The molecular weight excluding hydrogens is 1290 g/mol. The number of guanidine groups is 1. The lowest BCUT2D eigenvalue weighted by atomic mass is 9.46. The Morgan fingerprint density at radius 2 is 1.71 bits per heavy atom. The van der Waals surface area contributed by atoms with Crippen molar-refractivity contribution in [1.29, 1.82) is 0 Å². The summed E-state index contributed by atoms with van der Waals surface area (Å²) in [6, 6.07) is 52.4. The van der Waals surface area contributed by atoms with E-state index in [-0.39, 0.29) is 106 Å². The fourth-order valence-corrected chi connectivity index (χ4v) is 21.1. The van der Waals surface area contributed by atoms with Gasteiger partial charge < -0.3 is 60.6 Å². The first-order valence-corrected chi connectivity index (χ1v) is 37.7. The third-order valence-electron chi connectivity index (χ3n) is 25.9. The molecule has 19 rings (SSSR count). The second-order valence-electron chi connectivity index (χ2n) is 31.3. The third-order valence-corrected chi connectivity index (χ3v) is 25.9. The van der Waals surface area contributed by atoms with Crippen LogP contribution in [0.2, 0.25) is 0 Å². The molecule has 3 spiro atoms. The van der Waals surface area contributed by atoms with Crippen LogP contribution in [0.4, 0.5) is 11.5 Å². The first kappa shape index (κ1) is 65.9. The topological polar surface area (TPSA) is 214 Å². The molecule has 14 nitrogen and oxygen atoms in total. The standard InChI is InChI=1S/C90H90N6O8/c1-87-37-12-19-63(87)18-11-21-71-72-35-29-58-24-25-62-45-60-16-6-7-20-67(60)70-49-88(38-8-9-39-88)90(72,80(58)78(62)70)53-89(71)64-30-26-61(73(46-64)94-86(91)92)44-56(51-97)52-103-82-68(34-23-55-15-10-17-59(43-55)69-47-76(87)95-85(69)96-41-40-93-50-77(89)96)81-79(74(100)48-75(104-81)57-27-32-65(98)33-28-57)83(84(82)101-2)102-42-36-66(99)31-22-54-13-4-3-5-14-54/h3-7,10,13-17,20,22,24-33,35,43,45-48,56,63,66,71-72,77,93,95,97-99H,8-9,12,18-19,23,34,36-42,44,49-53H2,1-2H3,(H4,91,92,94)/b31-22+/t56-,63-,66-,71+,72+,77+,87-,89-,90-/m0/s1. The highest BCUT2D eigenvalue weighted by atomic mass is 16.5. The van der Waals surface area contributed by atoms with E-state index in [4.69, 9.17) is 35.1 Å². The number of aromatic nitrogens is 1. The molecule has 528 valence electrons. The lowest BCUT2D eigenvalue weighted by molar-refractivity contribution is 0.0815. The Balaban J connectivity index is 0.858. The zero-order valence-corrected chi connectivity index (χ0v) is 59.3. The van der Waals surface area contributed by atoms with Gasteiger partial charge in [0.2, 0.25) is 5.75 Å². The number of aliphatic hydroxyl groups is 2. The van der Waals surface area contributed by atoms with Gasteiger partial charge in [-0.1, -0.05) is 160 Å². The summed E-state index contributed by atoms with van der Waals surface area (Å²) >= 11 is 0. The smallest absolute Gasteiger partial charge is 0.204 e. The fraction of sp³-hybridized carbons (Fsp3) is 0.356. The Kier molecular flexibility index (Phi) is 16.5. The number of phenols is 1. The molecule has 10 aromatic rings. The minimum absolute atomic E-state index is 0.00690. The molecule has 5 aliphatic carbocycles. The molecule has 14 heteroatoms. The van der Waals surface area contributed by atoms with Gasteiger partial charge in [0.15, 0.2) is 22.9 Å². The summed E-state index contributed by atoms with van der Waals surface area (Å²) in [5, 5.41) is 43.3. The van der Waals surface area contributed by atoms with Crippen molar-refractivity contribution in [2.24, 2.45) is 45.5 Å². The molecule has 0 radical (unpaired) electrons. The Hall–Kier alpha value is -10.0. The van der Waals surface area contributed by atoms with Gasteiger partial charge in [0, 0.05) is 102 Å². The van der Waals surface area contributed by atoms with Crippen molar-refractivity contribution >= 4 is 62.1 Å². The normalized spacial score (nSPS) is 25.1. The molecule has 9 aliphatic rings. The number of aromatic amines is 1.